The van der Waals surface area contributed by atoms with Crippen molar-refractivity contribution in [3.8, 4) is 5.75 Å². The Balaban J connectivity index is 1.58. The Labute approximate surface area is 125 Å². The van der Waals surface area contributed by atoms with E-state index in [1.807, 2.05) is 25.1 Å². The quantitative estimate of drug-likeness (QED) is 0.863. The third-order valence-electron chi connectivity index (χ3n) is 3.77. The summed E-state index contributed by atoms with van der Waals surface area (Å²) in [6.45, 7) is 4.79. The number of aromatic nitrogens is 3. The van der Waals surface area contributed by atoms with Crippen LogP contribution >= 0.6 is 0 Å². The first-order chi connectivity index (χ1) is 10.3. The van der Waals surface area contributed by atoms with E-state index >= 15 is 0 Å². The van der Waals surface area contributed by atoms with Crippen molar-refractivity contribution in [1.29, 1.82) is 0 Å². The average molecular weight is 284 g/mol. The fourth-order valence-electron chi connectivity index (χ4n) is 2.67. The SMILES string of the molecule is Cc1cc(N2CCCC(COc3ccncc3)C2)ncn1. The summed E-state index contributed by atoms with van der Waals surface area (Å²) in [5, 5.41) is 0. The topological polar surface area (TPSA) is 51.1 Å². The fraction of sp³-hybridized carbons (Fsp3) is 0.438. The van der Waals surface area contributed by atoms with Crippen LogP contribution < -0.4 is 9.64 Å². The molecule has 3 heterocycles. The Morgan fingerprint density at radius 3 is 2.95 bits per heavy atom. The molecule has 21 heavy (non-hydrogen) atoms. The lowest BCUT2D eigenvalue weighted by molar-refractivity contribution is 0.228. The average Bonchev–Trinajstić information content (AvgIpc) is 2.54. The number of aryl methyl sites for hydroxylation is 1. The minimum atomic E-state index is 0.530. The summed E-state index contributed by atoms with van der Waals surface area (Å²) in [7, 11) is 0. The van der Waals surface area contributed by atoms with E-state index < -0.39 is 0 Å². The van der Waals surface area contributed by atoms with Crippen LogP contribution in [0.25, 0.3) is 0 Å². The molecule has 1 aliphatic heterocycles. The molecule has 5 nitrogen and oxygen atoms in total. The Morgan fingerprint density at radius 1 is 1.29 bits per heavy atom. The van der Waals surface area contributed by atoms with Crippen molar-refractivity contribution in [3.05, 3.63) is 42.6 Å². The second-order valence-corrected chi connectivity index (χ2v) is 5.47. The van der Waals surface area contributed by atoms with Gasteiger partial charge in [0.25, 0.3) is 0 Å². The van der Waals surface area contributed by atoms with E-state index in [4.69, 9.17) is 4.74 Å². The van der Waals surface area contributed by atoms with Gasteiger partial charge in [-0.3, -0.25) is 4.98 Å². The molecule has 0 aliphatic carbocycles. The van der Waals surface area contributed by atoms with Crippen molar-refractivity contribution in [3.63, 3.8) is 0 Å². The predicted molar refractivity (Wildman–Crippen MR) is 81.4 cm³/mol. The van der Waals surface area contributed by atoms with E-state index in [1.54, 1.807) is 18.7 Å². The monoisotopic (exact) mass is 284 g/mol. The molecule has 0 radical (unpaired) electrons. The van der Waals surface area contributed by atoms with Gasteiger partial charge in [0.2, 0.25) is 0 Å². The van der Waals surface area contributed by atoms with Gasteiger partial charge in [0.15, 0.2) is 0 Å². The van der Waals surface area contributed by atoms with E-state index in [2.05, 4.69) is 19.9 Å². The molecule has 2 aromatic heterocycles. The molecule has 1 aliphatic rings. The van der Waals surface area contributed by atoms with Crippen LogP contribution in [0.2, 0.25) is 0 Å². The highest BCUT2D eigenvalue weighted by Gasteiger charge is 2.21. The minimum absolute atomic E-state index is 0.530. The van der Waals surface area contributed by atoms with Crippen molar-refractivity contribution in [2.75, 3.05) is 24.6 Å². The third-order valence-corrected chi connectivity index (χ3v) is 3.77. The lowest BCUT2D eigenvalue weighted by Gasteiger charge is -2.33. The van der Waals surface area contributed by atoms with Crippen LogP contribution in [0, 0.1) is 12.8 Å². The summed E-state index contributed by atoms with van der Waals surface area (Å²) < 4.78 is 5.85. The number of nitrogens with zero attached hydrogens (tertiary/aromatic N) is 4. The summed E-state index contributed by atoms with van der Waals surface area (Å²) >= 11 is 0. The van der Waals surface area contributed by atoms with Crippen molar-refractivity contribution in [1.82, 2.24) is 15.0 Å². The zero-order valence-electron chi connectivity index (χ0n) is 12.3. The van der Waals surface area contributed by atoms with Gasteiger partial charge in [-0.2, -0.15) is 0 Å². The zero-order valence-corrected chi connectivity index (χ0v) is 12.3. The molecular formula is C16H20N4O. The predicted octanol–water partition coefficient (Wildman–Crippen LogP) is 2.48. The number of hydrogen-bond acceptors (Lipinski definition) is 5. The molecule has 2 aromatic rings. The van der Waals surface area contributed by atoms with Crippen LogP contribution in [0.1, 0.15) is 18.5 Å². The van der Waals surface area contributed by atoms with Crippen LogP contribution in [0.15, 0.2) is 36.9 Å². The highest BCUT2D eigenvalue weighted by atomic mass is 16.5. The second kappa shape index (κ2) is 6.52. The van der Waals surface area contributed by atoms with Gasteiger partial charge >= 0.3 is 0 Å². The number of ether oxygens (including phenoxy) is 1. The Hall–Kier alpha value is -2.17. The first-order valence-corrected chi connectivity index (χ1v) is 7.37. The molecule has 1 atom stereocenters. The standard InChI is InChI=1S/C16H20N4O/c1-13-9-16(19-12-18-13)20-8-2-3-14(10-20)11-21-15-4-6-17-7-5-15/h4-7,9,12,14H,2-3,8,10-11H2,1H3. The third kappa shape index (κ3) is 3.68. The van der Waals surface area contributed by atoms with Gasteiger partial charge in [0, 0.05) is 43.2 Å². The number of rotatable bonds is 4. The Bertz CT molecular complexity index is 575. The maximum Gasteiger partial charge on any atom is 0.132 e. The molecule has 1 saturated heterocycles. The summed E-state index contributed by atoms with van der Waals surface area (Å²) in [6, 6.07) is 5.84. The van der Waals surface area contributed by atoms with Gasteiger partial charge in [0.1, 0.15) is 17.9 Å². The van der Waals surface area contributed by atoms with Crippen molar-refractivity contribution >= 4 is 5.82 Å². The molecule has 0 amide bonds. The summed E-state index contributed by atoms with van der Waals surface area (Å²) in [4.78, 5) is 14.9. The van der Waals surface area contributed by atoms with Crippen LogP contribution in [0.3, 0.4) is 0 Å². The molecule has 0 aromatic carbocycles. The molecule has 1 unspecified atom stereocenters. The van der Waals surface area contributed by atoms with E-state index in [-0.39, 0.29) is 0 Å². The molecule has 0 bridgehead atoms. The van der Waals surface area contributed by atoms with Crippen molar-refractivity contribution < 1.29 is 4.74 Å². The highest BCUT2D eigenvalue weighted by molar-refractivity contribution is 5.39. The zero-order chi connectivity index (χ0) is 14.5. The maximum absolute atomic E-state index is 5.85. The highest BCUT2D eigenvalue weighted by Crippen LogP contribution is 2.22. The van der Waals surface area contributed by atoms with Crippen LogP contribution in [-0.4, -0.2) is 34.6 Å². The summed E-state index contributed by atoms with van der Waals surface area (Å²) in [6.07, 6.45) is 7.53. The van der Waals surface area contributed by atoms with E-state index in [9.17, 15) is 0 Å². The van der Waals surface area contributed by atoms with Crippen LogP contribution in [0.5, 0.6) is 5.75 Å². The molecule has 0 spiro atoms. The van der Waals surface area contributed by atoms with Crippen molar-refractivity contribution in [2.45, 2.75) is 19.8 Å². The molecule has 0 N–H and O–H groups in total. The lowest BCUT2D eigenvalue weighted by atomic mass is 9.99. The van der Waals surface area contributed by atoms with Gasteiger partial charge in [-0.05, 0) is 31.9 Å². The molecule has 1 fully saturated rings. The maximum atomic E-state index is 5.85. The van der Waals surface area contributed by atoms with E-state index in [0.29, 0.717) is 5.92 Å². The molecule has 110 valence electrons. The van der Waals surface area contributed by atoms with Crippen LogP contribution in [-0.2, 0) is 0 Å². The Kier molecular flexibility index (Phi) is 4.28. The number of piperidine rings is 1. The van der Waals surface area contributed by atoms with Gasteiger partial charge in [-0.1, -0.05) is 0 Å². The van der Waals surface area contributed by atoms with Gasteiger partial charge in [-0.15, -0.1) is 0 Å². The number of hydrogen-bond donors (Lipinski definition) is 0. The second-order valence-electron chi connectivity index (χ2n) is 5.47. The fourth-order valence-corrected chi connectivity index (χ4v) is 2.67. The van der Waals surface area contributed by atoms with Crippen LogP contribution in [0.4, 0.5) is 5.82 Å². The lowest BCUT2D eigenvalue weighted by Crippen LogP contribution is -2.38. The van der Waals surface area contributed by atoms with E-state index in [0.717, 1.165) is 37.0 Å². The van der Waals surface area contributed by atoms with Gasteiger partial charge in [0.05, 0.1) is 6.61 Å². The largest absolute Gasteiger partial charge is 0.493 e. The first-order valence-electron chi connectivity index (χ1n) is 7.37. The van der Waals surface area contributed by atoms with E-state index in [1.165, 1.54) is 12.8 Å². The Morgan fingerprint density at radius 2 is 2.14 bits per heavy atom. The van der Waals surface area contributed by atoms with Crippen molar-refractivity contribution in [2.24, 2.45) is 5.92 Å². The summed E-state index contributed by atoms with van der Waals surface area (Å²) in [5.74, 6) is 2.44. The smallest absolute Gasteiger partial charge is 0.132 e. The van der Waals surface area contributed by atoms with Gasteiger partial charge in [-0.25, -0.2) is 9.97 Å². The minimum Gasteiger partial charge on any atom is -0.493 e. The summed E-state index contributed by atoms with van der Waals surface area (Å²) in [5.41, 5.74) is 1.01. The van der Waals surface area contributed by atoms with Gasteiger partial charge < -0.3 is 9.64 Å². The molecule has 5 heteroatoms. The molecule has 0 saturated carbocycles. The number of pyridine rings is 1. The normalized spacial score (nSPS) is 18.5. The molecular weight excluding hydrogens is 264 g/mol. The number of anilines is 1. The first kappa shape index (κ1) is 13.8. The molecule has 3 rings (SSSR count).